The number of methoxy groups -OCH3 is 1. The zero-order valence-corrected chi connectivity index (χ0v) is 17.2. The monoisotopic (exact) mass is 419 g/mol. The van der Waals surface area contributed by atoms with Gasteiger partial charge in [-0.25, -0.2) is 8.42 Å². The second-order valence-corrected chi connectivity index (χ2v) is 8.81. The number of ether oxygens (including phenoxy) is 1. The second-order valence-electron chi connectivity index (χ2n) is 7.09. The highest BCUT2D eigenvalue weighted by Crippen LogP contribution is 2.21. The number of carbonyl (C=O) groups is 1. The number of hydrogen-bond acceptors (Lipinski definition) is 4. The Morgan fingerprint density at radius 3 is 2.03 bits per heavy atom. The van der Waals surface area contributed by atoms with Gasteiger partial charge in [0.25, 0.3) is 0 Å². The molecule has 0 aliphatic carbocycles. The Morgan fingerprint density at radius 1 is 0.833 bits per heavy atom. The van der Waals surface area contributed by atoms with Crippen LogP contribution in [0.4, 0.5) is 0 Å². The van der Waals surface area contributed by atoms with Gasteiger partial charge in [0.15, 0.2) is 0 Å². The standard InChI is InChI=1S/C24H21NO4S/c1-29-24(26)23(15-17-10-11-18-6-2-4-8-20(18)14-17)25-30(27,28)22-13-12-19-7-3-5-9-21(19)16-22/h2-14,16,23,25H,15H2,1H3. The van der Waals surface area contributed by atoms with Crippen molar-refractivity contribution in [2.24, 2.45) is 0 Å². The summed E-state index contributed by atoms with van der Waals surface area (Å²) in [5, 5.41) is 3.85. The molecule has 0 saturated heterocycles. The lowest BCUT2D eigenvalue weighted by atomic mass is 10.0. The Hall–Kier alpha value is -3.22. The predicted molar refractivity (Wildman–Crippen MR) is 118 cm³/mol. The number of rotatable bonds is 6. The van der Waals surface area contributed by atoms with E-state index in [1.165, 1.54) is 13.2 Å². The molecule has 152 valence electrons. The maximum atomic E-state index is 13.0. The van der Waals surface area contributed by atoms with Crippen molar-refractivity contribution in [3.8, 4) is 0 Å². The summed E-state index contributed by atoms with van der Waals surface area (Å²) in [5.74, 6) is -0.632. The molecule has 0 amide bonds. The van der Waals surface area contributed by atoms with Gasteiger partial charge >= 0.3 is 5.97 Å². The molecule has 5 nitrogen and oxygen atoms in total. The maximum Gasteiger partial charge on any atom is 0.324 e. The van der Waals surface area contributed by atoms with Gasteiger partial charge in [0, 0.05) is 0 Å². The van der Waals surface area contributed by atoms with Crippen LogP contribution in [0.5, 0.6) is 0 Å². The van der Waals surface area contributed by atoms with Gasteiger partial charge in [-0.05, 0) is 45.7 Å². The molecule has 4 rings (SSSR count). The van der Waals surface area contributed by atoms with E-state index in [-0.39, 0.29) is 11.3 Å². The van der Waals surface area contributed by atoms with E-state index in [0.717, 1.165) is 27.1 Å². The van der Waals surface area contributed by atoms with Crippen LogP contribution in [0, 0.1) is 0 Å². The highest BCUT2D eigenvalue weighted by atomic mass is 32.2. The summed E-state index contributed by atoms with van der Waals surface area (Å²) >= 11 is 0. The Morgan fingerprint density at radius 2 is 1.40 bits per heavy atom. The third-order valence-corrected chi connectivity index (χ3v) is 6.54. The summed E-state index contributed by atoms with van der Waals surface area (Å²) in [6, 6.07) is 25.0. The molecular weight excluding hydrogens is 398 g/mol. The minimum Gasteiger partial charge on any atom is -0.468 e. The van der Waals surface area contributed by atoms with Crippen LogP contribution in [0.2, 0.25) is 0 Å². The summed E-state index contributed by atoms with van der Waals surface area (Å²) in [4.78, 5) is 12.5. The normalized spacial score (nSPS) is 12.7. The molecule has 0 saturated carbocycles. The van der Waals surface area contributed by atoms with E-state index in [0.29, 0.717) is 0 Å². The average Bonchev–Trinajstić information content (AvgIpc) is 2.77. The lowest BCUT2D eigenvalue weighted by Crippen LogP contribution is -2.42. The minimum absolute atomic E-state index is 0.105. The minimum atomic E-state index is -3.92. The largest absolute Gasteiger partial charge is 0.468 e. The number of nitrogens with one attached hydrogen (secondary N) is 1. The van der Waals surface area contributed by atoms with Crippen molar-refractivity contribution in [1.82, 2.24) is 4.72 Å². The molecule has 1 unspecified atom stereocenters. The van der Waals surface area contributed by atoms with Crippen molar-refractivity contribution < 1.29 is 17.9 Å². The Bertz CT molecular complexity index is 1330. The molecule has 0 bridgehead atoms. The molecule has 30 heavy (non-hydrogen) atoms. The molecule has 0 aromatic heterocycles. The molecule has 0 spiro atoms. The molecule has 1 N–H and O–H groups in total. The summed E-state index contributed by atoms with van der Waals surface area (Å²) < 4.78 is 33.4. The zero-order valence-electron chi connectivity index (χ0n) is 16.4. The van der Waals surface area contributed by atoms with E-state index in [1.807, 2.05) is 66.7 Å². The Labute approximate surface area is 175 Å². The third-order valence-electron chi connectivity index (χ3n) is 5.07. The molecule has 0 radical (unpaired) electrons. The first-order chi connectivity index (χ1) is 14.5. The van der Waals surface area contributed by atoms with Crippen LogP contribution in [0.3, 0.4) is 0 Å². The van der Waals surface area contributed by atoms with E-state index >= 15 is 0 Å². The van der Waals surface area contributed by atoms with Gasteiger partial charge in [0.2, 0.25) is 10.0 Å². The number of benzene rings is 4. The fraction of sp³-hybridized carbons (Fsp3) is 0.125. The van der Waals surface area contributed by atoms with Gasteiger partial charge in [0.1, 0.15) is 6.04 Å². The molecule has 0 heterocycles. The van der Waals surface area contributed by atoms with Crippen LogP contribution in [0.1, 0.15) is 5.56 Å². The van der Waals surface area contributed by atoms with Gasteiger partial charge in [-0.15, -0.1) is 0 Å². The van der Waals surface area contributed by atoms with Crippen LogP contribution < -0.4 is 4.72 Å². The zero-order chi connectivity index (χ0) is 21.1. The second kappa shape index (κ2) is 8.26. The molecule has 4 aromatic rings. The van der Waals surface area contributed by atoms with Crippen molar-refractivity contribution in [1.29, 1.82) is 0 Å². The van der Waals surface area contributed by atoms with Crippen LogP contribution in [0.15, 0.2) is 89.8 Å². The summed E-state index contributed by atoms with van der Waals surface area (Å²) in [5.41, 5.74) is 0.838. The average molecular weight is 420 g/mol. The lowest BCUT2D eigenvalue weighted by molar-refractivity contribution is -0.142. The highest BCUT2D eigenvalue weighted by Gasteiger charge is 2.27. The van der Waals surface area contributed by atoms with Crippen LogP contribution in [-0.4, -0.2) is 27.5 Å². The summed E-state index contributed by atoms with van der Waals surface area (Å²) in [7, 11) is -2.67. The van der Waals surface area contributed by atoms with E-state index in [1.54, 1.807) is 12.1 Å². The van der Waals surface area contributed by atoms with Gasteiger partial charge < -0.3 is 4.74 Å². The molecular formula is C24H21NO4S. The first-order valence-electron chi connectivity index (χ1n) is 9.53. The smallest absolute Gasteiger partial charge is 0.324 e. The van der Waals surface area contributed by atoms with Crippen molar-refractivity contribution in [3.05, 3.63) is 90.5 Å². The number of carbonyl (C=O) groups excluding carboxylic acids is 1. The van der Waals surface area contributed by atoms with Crippen molar-refractivity contribution >= 4 is 37.5 Å². The third kappa shape index (κ3) is 4.20. The number of fused-ring (bicyclic) bond motifs is 2. The van der Waals surface area contributed by atoms with Crippen molar-refractivity contribution in [3.63, 3.8) is 0 Å². The van der Waals surface area contributed by atoms with Gasteiger partial charge in [0.05, 0.1) is 12.0 Å². The van der Waals surface area contributed by atoms with Gasteiger partial charge in [-0.1, -0.05) is 72.8 Å². The number of hydrogen-bond donors (Lipinski definition) is 1. The molecule has 0 aliphatic heterocycles. The first kappa shape index (κ1) is 20.1. The lowest BCUT2D eigenvalue weighted by Gasteiger charge is -2.17. The maximum absolute atomic E-state index is 13.0. The van der Waals surface area contributed by atoms with E-state index < -0.39 is 22.0 Å². The first-order valence-corrected chi connectivity index (χ1v) is 11.0. The van der Waals surface area contributed by atoms with E-state index in [4.69, 9.17) is 4.74 Å². The van der Waals surface area contributed by atoms with Crippen LogP contribution in [-0.2, 0) is 26.0 Å². The number of esters is 1. The van der Waals surface area contributed by atoms with Crippen LogP contribution >= 0.6 is 0 Å². The molecule has 0 aliphatic rings. The molecule has 4 aromatic carbocycles. The van der Waals surface area contributed by atoms with Crippen molar-refractivity contribution in [2.45, 2.75) is 17.4 Å². The summed E-state index contributed by atoms with van der Waals surface area (Å²) in [6.45, 7) is 0. The van der Waals surface area contributed by atoms with E-state index in [9.17, 15) is 13.2 Å². The quantitative estimate of drug-likeness (QED) is 0.479. The van der Waals surface area contributed by atoms with Crippen molar-refractivity contribution in [2.75, 3.05) is 7.11 Å². The fourth-order valence-corrected chi connectivity index (χ4v) is 4.73. The summed E-state index contributed by atoms with van der Waals surface area (Å²) in [6.07, 6.45) is 0.185. The Kier molecular flexibility index (Phi) is 5.53. The fourth-order valence-electron chi connectivity index (χ4n) is 3.51. The van der Waals surface area contributed by atoms with Gasteiger partial charge in [-0.2, -0.15) is 4.72 Å². The topological polar surface area (TPSA) is 72.5 Å². The molecule has 1 atom stereocenters. The predicted octanol–water partition coefficient (Wildman–Crippen LogP) is 4.06. The number of sulfonamides is 1. The van der Waals surface area contributed by atoms with Crippen LogP contribution in [0.25, 0.3) is 21.5 Å². The molecule has 6 heteroatoms. The van der Waals surface area contributed by atoms with Gasteiger partial charge in [-0.3, -0.25) is 4.79 Å². The Balaban J connectivity index is 1.63. The highest BCUT2D eigenvalue weighted by molar-refractivity contribution is 7.89. The van der Waals surface area contributed by atoms with E-state index in [2.05, 4.69) is 4.72 Å². The molecule has 0 fully saturated rings. The SMILES string of the molecule is COC(=O)C(Cc1ccc2ccccc2c1)NS(=O)(=O)c1ccc2ccccc2c1.